The highest BCUT2D eigenvalue weighted by molar-refractivity contribution is 7.80. The van der Waals surface area contributed by atoms with E-state index in [2.05, 4.69) is 11.8 Å². The van der Waals surface area contributed by atoms with Gasteiger partial charge in [-0.3, -0.25) is 9.69 Å². The number of amides is 1. The normalized spacial score (nSPS) is 16.6. The first kappa shape index (κ1) is 14.4. The van der Waals surface area contributed by atoms with Gasteiger partial charge in [0.25, 0.3) is 5.91 Å². The van der Waals surface area contributed by atoms with Gasteiger partial charge in [-0.25, -0.2) is 0 Å². The Morgan fingerprint density at radius 3 is 2.58 bits per heavy atom. The van der Waals surface area contributed by atoms with Crippen LogP contribution in [0.2, 0.25) is 0 Å². The van der Waals surface area contributed by atoms with Gasteiger partial charge in [-0.2, -0.15) is 0 Å². The van der Waals surface area contributed by atoms with Crippen LogP contribution in [-0.4, -0.2) is 53.4 Å². The minimum absolute atomic E-state index is 0.152. The third-order valence-electron chi connectivity index (χ3n) is 3.26. The number of thiocarbonyl (C=S) groups is 1. The van der Waals surface area contributed by atoms with Crippen LogP contribution >= 0.6 is 23.6 Å². The van der Waals surface area contributed by atoms with Crippen LogP contribution < -0.4 is 5.73 Å². The number of rotatable bonds is 4. The van der Waals surface area contributed by atoms with Gasteiger partial charge in [0, 0.05) is 37.6 Å². The number of nitrogens with two attached hydrogens (primary N) is 1. The highest BCUT2D eigenvalue weighted by Gasteiger charge is 2.23. The van der Waals surface area contributed by atoms with Crippen molar-refractivity contribution in [1.82, 2.24) is 9.80 Å². The summed E-state index contributed by atoms with van der Waals surface area (Å²) in [5.41, 5.74) is 5.54. The Kier molecular flexibility index (Phi) is 4.90. The maximum atomic E-state index is 12.3. The summed E-state index contributed by atoms with van der Waals surface area (Å²) >= 11 is 6.51. The van der Waals surface area contributed by atoms with E-state index >= 15 is 0 Å². The van der Waals surface area contributed by atoms with Crippen molar-refractivity contribution in [2.45, 2.75) is 13.3 Å². The van der Waals surface area contributed by atoms with Gasteiger partial charge in [-0.1, -0.05) is 19.1 Å². The standard InChI is InChI=1S/C13H19N3OS2/c1-2-10-3-4-11(19-10)13(17)16-7-5-15(6-8-16)9-12(14)18/h3-4H,2,5-9H2,1H3,(H2,14,18). The molecular formula is C13H19N3OS2. The fourth-order valence-corrected chi connectivity index (χ4v) is 3.27. The first-order chi connectivity index (χ1) is 9.10. The molecule has 1 aromatic rings. The van der Waals surface area contributed by atoms with Gasteiger partial charge < -0.3 is 10.6 Å². The second-order valence-electron chi connectivity index (χ2n) is 4.65. The predicted molar refractivity (Wildman–Crippen MR) is 82.8 cm³/mol. The fraction of sp³-hybridized carbons (Fsp3) is 0.538. The van der Waals surface area contributed by atoms with Crippen LogP contribution in [0.25, 0.3) is 0 Å². The van der Waals surface area contributed by atoms with Crippen LogP contribution in [0.15, 0.2) is 12.1 Å². The SMILES string of the molecule is CCc1ccc(C(=O)N2CCN(CC(N)=S)CC2)s1. The lowest BCUT2D eigenvalue weighted by molar-refractivity contribution is 0.0659. The summed E-state index contributed by atoms with van der Waals surface area (Å²) in [5.74, 6) is 0.152. The number of thiophene rings is 1. The van der Waals surface area contributed by atoms with Gasteiger partial charge in [0.1, 0.15) is 0 Å². The number of piperazine rings is 1. The van der Waals surface area contributed by atoms with Crippen molar-refractivity contribution in [3.8, 4) is 0 Å². The monoisotopic (exact) mass is 297 g/mol. The first-order valence-corrected chi connectivity index (χ1v) is 7.71. The summed E-state index contributed by atoms with van der Waals surface area (Å²) in [6.45, 7) is 5.94. The van der Waals surface area contributed by atoms with Gasteiger partial charge in [0.2, 0.25) is 0 Å². The molecule has 1 amide bonds. The Bertz CT molecular complexity index is 464. The summed E-state index contributed by atoms with van der Waals surface area (Å²) in [4.78, 5) is 19.1. The third kappa shape index (κ3) is 3.75. The van der Waals surface area contributed by atoms with E-state index < -0.39 is 0 Å². The molecule has 6 heteroatoms. The second-order valence-corrected chi connectivity index (χ2v) is 6.35. The van der Waals surface area contributed by atoms with Gasteiger partial charge in [0.15, 0.2) is 0 Å². The highest BCUT2D eigenvalue weighted by Crippen LogP contribution is 2.19. The van der Waals surface area contributed by atoms with E-state index in [9.17, 15) is 4.79 Å². The average molecular weight is 297 g/mol. The van der Waals surface area contributed by atoms with E-state index in [-0.39, 0.29) is 5.91 Å². The van der Waals surface area contributed by atoms with E-state index in [0.29, 0.717) is 11.5 Å². The van der Waals surface area contributed by atoms with E-state index in [1.165, 1.54) is 4.88 Å². The number of carbonyl (C=O) groups excluding carboxylic acids is 1. The maximum absolute atomic E-state index is 12.3. The van der Waals surface area contributed by atoms with E-state index in [1.54, 1.807) is 11.3 Å². The lowest BCUT2D eigenvalue weighted by Crippen LogP contribution is -2.50. The minimum Gasteiger partial charge on any atom is -0.392 e. The Morgan fingerprint density at radius 1 is 1.37 bits per heavy atom. The largest absolute Gasteiger partial charge is 0.392 e. The van der Waals surface area contributed by atoms with Crippen LogP contribution in [-0.2, 0) is 6.42 Å². The van der Waals surface area contributed by atoms with Crippen molar-refractivity contribution in [3.05, 3.63) is 21.9 Å². The molecule has 0 aliphatic carbocycles. The second kappa shape index (κ2) is 6.45. The molecule has 1 aliphatic heterocycles. The summed E-state index contributed by atoms with van der Waals surface area (Å²) in [7, 11) is 0. The lowest BCUT2D eigenvalue weighted by atomic mass is 10.3. The molecule has 4 nitrogen and oxygen atoms in total. The molecule has 104 valence electrons. The van der Waals surface area contributed by atoms with Crippen LogP contribution in [0.1, 0.15) is 21.5 Å². The molecule has 2 heterocycles. The molecule has 19 heavy (non-hydrogen) atoms. The topological polar surface area (TPSA) is 49.6 Å². The van der Waals surface area contributed by atoms with Gasteiger partial charge in [-0.15, -0.1) is 11.3 Å². The Labute approximate surface area is 123 Å². The van der Waals surface area contributed by atoms with Crippen molar-refractivity contribution in [3.63, 3.8) is 0 Å². The zero-order chi connectivity index (χ0) is 13.8. The van der Waals surface area contributed by atoms with Crippen molar-refractivity contribution in [1.29, 1.82) is 0 Å². The summed E-state index contributed by atoms with van der Waals surface area (Å²) in [6, 6.07) is 3.98. The Balaban J connectivity index is 1.90. The molecular weight excluding hydrogens is 278 g/mol. The molecule has 0 atom stereocenters. The first-order valence-electron chi connectivity index (χ1n) is 6.48. The zero-order valence-electron chi connectivity index (χ0n) is 11.1. The van der Waals surface area contributed by atoms with Crippen LogP contribution in [0.4, 0.5) is 0 Å². The highest BCUT2D eigenvalue weighted by atomic mass is 32.1. The molecule has 0 bridgehead atoms. The summed E-state index contributed by atoms with van der Waals surface area (Å²) in [5, 5.41) is 0. The number of carbonyl (C=O) groups is 1. The smallest absolute Gasteiger partial charge is 0.264 e. The van der Waals surface area contributed by atoms with Crippen molar-refractivity contribution in [2.24, 2.45) is 5.73 Å². The van der Waals surface area contributed by atoms with E-state index in [0.717, 1.165) is 37.5 Å². The maximum Gasteiger partial charge on any atom is 0.264 e. The van der Waals surface area contributed by atoms with Crippen molar-refractivity contribution < 1.29 is 4.79 Å². The molecule has 0 unspecified atom stereocenters. The summed E-state index contributed by atoms with van der Waals surface area (Å²) < 4.78 is 0. The Morgan fingerprint density at radius 2 is 2.05 bits per heavy atom. The number of hydrogen-bond acceptors (Lipinski definition) is 4. The molecule has 0 spiro atoms. The summed E-state index contributed by atoms with van der Waals surface area (Å²) in [6.07, 6.45) is 0.986. The number of nitrogens with zero attached hydrogens (tertiary/aromatic N) is 2. The van der Waals surface area contributed by atoms with Crippen LogP contribution in [0.3, 0.4) is 0 Å². The number of aryl methyl sites for hydroxylation is 1. The zero-order valence-corrected chi connectivity index (χ0v) is 12.7. The Hall–Kier alpha value is -0.980. The molecule has 2 N–H and O–H groups in total. The van der Waals surface area contributed by atoms with Crippen molar-refractivity contribution in [2.75, 3.05) is 32.7 Å². The number of hydrogen-bond donors (Lipinski definition) is 1. The molecule has 1 saturated heterocycles. The molecule has 1 fully saturated rings. The van der Waals surface area contributed by atoms with Gasteiger partial charge >= 0.3 is 0 Å². The molecule has 0 saturated carbocycles. The van der Waals surface area contributed by atoms with Gasteiger partial charge in [-0.05, 0) is 18.6 Å². The van der Waals surface area contributed by atoms with Crippen molar-refractivity contribution >= 4 is 34.5 Å². The quantitative estimate of drug-likeness (QED) is 0.853. The molecule has 0 radical (unpaired) electrons. The lowest BCUT2D eigenvalue weighted by Gasteiger charge is -2.34. The molecule has 2 rings (SSSR count). The van der Waals surface area contributed by atoms with Crippen LogP contribution in [0.5, 0.6) is 0 Å². The van der Waals surface area contributed by atoms with Crippen LogP contribution in [0, 0.1) is 0 Å². The molecule has 0 aromatic carbocycles. The average Bonchev–Trinajstić information content (AvgIpc) is 2.87. The predicted octanol–water partition coefficient (Wildman–Crippen LogP) is 1.35. The third-order valence-corrected chi connectivity index (χ3v) is 4.61. The molecule has 1 aromatic heterocycles. The molecule has 1 aliphatic rings. The van der Waals surface area contributed by atoms with Gasteiger partial charge in [0.05, 0.1) is 9.87 Å². The van der Waals surface area contributed by atoms with E-state index in [4.69, 9.17) is 18.0 Å². The fourth-order valence-electron chi connectivity index (χ4n) is 2.17. The van der Waals surface area contributed by atoms with E-state index in [1.807, 2.05) is 17.0 Å². The minimum atomic E-state index is 0.152.